The third-order valence-corrected chi connectivity index (χ3v) is 5.96. The first-order valence-corrected chi connectivity index (χ1v) is 9.84. The third kappa shape index (κ3) is 2.82. The Balaban J connectivity index is 1.76. The smallest absolute Gasteiger partial charge is 0.202 e. The van der Waals surface area contributed by atoms with Gasteiger partial charge in [0.05, 0.1) is 0 Å². The van der Waals surface area contributed by atoms with Gasteiger partial charge in [-0.25, -0.2) is 4.99 Å². The van der Waals surface area contributed by atoms with Gasteiger partial charge in [0.1, 0.15) is 11.4 Å². The number of rotatable bonds is 2. The zero-order valence-electron chi connectivity index (χ0n) is 15.5. The summed E-state index contributed by atoms with van der Waals surface area (Å²) in [6.45, 7) is 4.29. The number of anilines is 2. The van der Waals surface area contributed by atoms with Crippen molar-refractivity contribution in [2.75, 3.05) is 10.2 Å². The van der Waals surface area contributed by atoms with Crippen LogP contribution in [0.15, 0.2) is 53.5 Å². The van der Waals surface area contributed by atoms with Gasteiger partial charge in [-0.3, -0.25) is 0 Å². The van der Waals surface area contributed by atoms with Gasteiger partial charge in [-0.05, 0) is 62.2 Å². The first kappa shape index (κ1) is 17.2. The van der Waals surface area contributed by atoms with Crippen LogP contribution >= 0.6 is 12.2 Å². The van der Waals surface area contributed by atoms with E-state index in [4.69, 9.17) is 17.2 Å². The Labute approximate surface area is 161 Å². The fourth-order valence-electron chi connectivity index (χ4n) is 4.34. The van der Waals surface area contributed by atoms with Crippen LogP contribution in [0, 0.1) is 13.8 Å². The highest BCUT2D eigenvalue weighted by Crippen LogP contribution is 2.42. The minimum atomic E-state index is -0.147. The Morgan fingerprint density at radius 1 is 0.923 bits per heavy atom. The first-order chi connectivity index (χ1) is 12.6. The summed E-state index contributed by atoms with van der Waals surface area (Å²) < 4.78 is 0. The van der Waals surface area contributed by atoms with Gasteiger partial charge in [0.25, 0.3) is 0 Å². The van der Waals surface area contributed by atoms with E-state index in [9.17, 15) is 0 Å². The number of aliphatic imine (C=N–C) groups is 1. The lowest BCUT2D eigenvalue weighted by Gasteiger charge is -2.43. The van der Waals surface area contributed by atoms with Crippen molar-refractivity contribution in [3.05, 3.63) is 59.7 Å². The molecule has 1 fully saturated rings. The molecular weight excluding hydrogens is 338 g/mol. The van der Waals surface area contributed by atoms with Crippen molar-refractivity contribution >= 4 is 34.5 Å². The molecular formula is C22H25N3S. The van der Waals surface area contributed by atoms with E-state index in [0.29, 0.717) is 5.11 Å². The molecule has 4 rings (SSSR count). The molecule has 2 aromatic carbocycles. The van der Waals surface area contributed by atoms with Crippen molar-refractivity contribution in [1.82, 2.24) is 0 Å². The zero-order chi connectivity index (χ0) is 18.1. The van der Waals surface area contributed by atoms with Gasteiger partial charge >= 0.3 is 0 Å². The minimum Gasteiger partial charge on any atom is -0.341 e. The maximum Gasteiger partial charge on any atom is 0.202 e. The number of para-hydroxylation sites is 2. The number of nitrogens with zero attached hydrogens (tertiary/aromatic N) is 2. The summed E-state index contributed by atoms with van der Waals surface area (Å²) >= 11 is 5.73. The van der Waals surface area contributed by atoms with Crippen molar-refractivity contribution < 1.29 is 0 Å². The van der Waals surface area contributed by atoms with E-state index < -0.39 is 0 Å². The monoisotopic (exact) mass is 363 g/mol. The molecule has 3 nitrogen and oxygen atoms in total. The molecule has 0 atom stereocenters. The molecule has 0 amide bonds. The van der Waals surface area contributed by atoms with Gasteiger partial charge in [0.2, 0.25) is 5.11 Å². The number of amidine groups is 1. The van der Waals surface area contributed by atoms with Crippen LogP contribution < -0.4 is 10.2 Å². The molecule has 1 N–H and O–H groups in total. The zero-order valence-corrected chi connectivity index (χ0v) is 16.3. The summed E-state index contributed by atoms with van der Waals surface area (Å²) in [4.78, 5) is 7.15. The van der Waals surface area contributed by atoms with E-state index in [2.05, 4.69) is 66.5 Å². The molecule has 1 saturated carbocycles. The molecule has 0 bridgehead atoms. The predicted molar refractivity (Wildman–Crippen MR) is 114 cm³/mol. The molecule has 4 heteroatoms. The Kier molecular flexibility index (Phi) is 4.53. The van der Waals surface area contributed by atoms with Crippen LogP contribution in [0.3, 0.4) is 0 Å². The quantitative estimate of drug-likeness (QED) is 0.702. The van der Waals surface area contributed by atoms with Crippen LogP contribution in [0.25, 0.3) is 0 Å². The van der Waals surface area contributed by atoms with Gasteiger partial charge in [-0.2, -0.15) is 0 Å². The highest BCUT2D eigenvalue weighted by atomic mass is 32.1. The van der Waals surface area contributed by atoms with Crippen LogP contribution in [0.5, 0.6) is 0 Å². The molecule has 0 radical (unpaired) electrons. The summed E-state index contributed by atoms with van der Waals surface area (Å²) in [6.07, 6.45) is 5.87. The van der Waals surface area contributed by atoms with E-state index in [0.717, 1.165) is 30.1 Å². The summed E-state index contributed by atoms with van der Waals surface area (Å²) in [7, 11) is 0. The summed E-state index contributed by atoms with van der Waals surface area (Å²) in [6, 6.07) is 16.9. The maximum atomic E-state index is 5.73. The lowest BCUT2D eigenvalue weighted by molar-refractivity contribution is 0.386. The van der Waals surface area contributed by atoms with Gasteiger partial charge in [0, 0.05) is 11.4 Å². The molecule has 2 aromatic rings. The van der Waals surface area contributed by atoms with Crippen molar-refractivity contribution in [2.24, 2.45) is 4.99 Å². The molecule has 1 heterocycles. The molecule has 1 aliphatic carbocycles. The van der Waals surface area contributed by atoms with Crippen molar-refractivity contribution in [2.45, 2.75) is 51.5 Å². The minimum absolute atomic E-state index is 0.147. The Hall–Kier alpha value is -2.20. The van der Waals surface area contributed by atoms with E-state index >= 15 is 0 Å². The van der Waals surface area contributed by atoms with Crippen LogP contribution in [0.2, 0.25) is 0 Å². The summed E-state index contributed by atoms with van der Waals surface area (Å²) in [5, 5.41) is 4.36. The maximum absolute atomic E-state index is 5.73. The number of hydrogen-bond donors (Lipinski definition) is 1. The Bertz CT molecular complexity index is 831. The standard InChI is InChI=1S/C22H25N3S/c1-16-10-9-11-17(2)19(16)23-20-22(14-7-4-8-15-22)25(21(26)24-20)18-12-5-3-6-13-18/h3,5-6,9-13H,4,7-8,14-15H2,1-2H3,(H,23,24,26). The topological polar surface area (TPSA) is 27.6 Å². The second kappa shape index (κ2) is 6.84. The first-order valence-electron chi connectivity index (χ1n) is 9.43. The third-order valence-electron chi connectivity index (χ3n) is 5.69. The van der Waals surface area contributed by atoms with E-state index in [-0.39, 0.29) is 5.54 Å². The Morgan fingerprint density at radius 2 is 1.58 bits per heavy atom. The van der Waals surface area contributed by atoms with Gasteiger partial charge in [-0.1, -0.05) is 55.7 Å². The van der Waals surface area contributed by atoms with Gasteiger partial charge in [0.15, 0.2) is 0 Å². The molecule has 134 valence electrons. The number of hydrogen-bond acceptors (Lipinski definition) is 2. The van der Waals surface area contributed by atoms with Crippen molar-refractivity contribution in [3.63, 3.8) is 0 Å². The highest BCUT2D eigenvalue weighted by Gasteiger charge is 2.49. The normalized spacial score (nSPS) is 18.9. The Morgan fingerprint density at radius 3 is 2.23 bits per heavy atom. The number of thiocarbonyl (C=S) groups is 1. The molecule has 1 spiro atoms. The van der Waals surface area contributed by atoms with Crippen molar-refractivity contribution in [3.8, 4) is 0 Å². The van der Waals surface area contributed by atoms with Crippen LogP contribution in [-0.2, 0) is 0 Å². The number of aryl methyl sites for hydroxylation is 2. The predicted octanol–water partition coefficient (Wildman–Crippen LogP) is 5.62. The average molecular weight is 364 g/mol. The van der Waals surface area contributed by atoms with Gasteiger partial charge < -0.3 is 10.2 Å². The average Bonchev–Trinajstić information content (AvgIpc) is 2.90. The molecule has 0 saturated heterocycles. The fourth-order valence-corrected chi connectivity index (χ4v) is 4.72. The molecule has 0 aromatic heterocycles. The SMILES string of the molecule is Cc1cccc(C)c1NC1=NC(=S)N(c2ccccc2)C12CCCCC2. The number of nitrogens with one attached hydrogen (secondary N) is 1. The van der Waals surface area contributed by atoms with Gasteiger partial charge in [-0.15, -0.1) is 0 Å². The molecule has 26 heavy (non-hydrogen) atoms. The lowest BCUT2D eigenvalue weighted by Crippen LogP contribution is -2.55. The summed E-state index contributed by atoms with van der Waals surface area (Å²) in [5.74, 6) is 1.02. The van der Waals surface area contributed by atoms with Crippen LogP contribution in [0.1, 0.15) is 43.2 Å². The molecule has 0 unspecified atom stereocenters. The number of benzene rings is 2. The van der Waals surface area contributed by atoms with E-state index in [1.165, 1.54) is 30.4 Å². The lowest BCUT2D eigenvalue weighted by atomic mass is 9.79. The van der Waals surface area contributed by atoms with E-state index in [1.807, 2.05) is 6.07 Å². The molecule has 2 aliphatic rings. The molecule has 1 aliphatic heterocycles. The van der Waals surface area contributed by atoms with Crippen LogP contribution in [-0.4, -0.2) is 16.5 Å². The van der Waals surface area contributed by atoms with Crippen molar-refractivity contribution in [1.29, 1.82) is 0 Å². The fraction of sp³-hybridized carbons (Fsp3) is 0.364. The highest BCUT2D eigenvalue weighted by molar-refractivity contribution is 7.80. The second-order valence-corrected chi connectivity index (χ2v) is 7.76. The second-order valence-electron chi connectivity index (χ2n) is 7.40. The van der Waals surface area contributed by atoms with Crippen LogP contribution in [0.4, 0.5) is 11.4 Å². The summed E-state index contributed by atoms with van der Waals surface area (Å²) in [5.41, 5.74) is 4.63. The largest absolute Gasteiger partial charge is 0.341 e. The van der Waals surface area contributed by atoms with E-state index in [1.54, 1.807) is 0 Å².